The number of nitrogens with one attached hydrogen (secondary N) is 2. The summed E-state index contributed by atoms with van der Waals surface area (Å²) in [6, 6.07) is 0. The fraction of sp³-hybridized carbons (Fsp3) is 0.583. The highest BCUT2D eigenvalue weighted by Crippen LogP contribution is 2.13. The van der Waals surface area contributed by atoms with E-state index in [0.717, 1.165) is 38.2 Å². The maximum atomic E-state index is 11.4. The van der Waals surface area contributed by atoms with Crippen LogP contribution in [0.3, 0.4) is 0 Å². The molecule has 0 atom stereocenters. The van der Waals surface area contributed by atoms with E-state index in [1.165, 1.54) is 0 Å². The Hall–Kier alpha value is -2.10. The summed E-state index contributed by atoms with van der Waals surface area (Å²) in [6.45, 7) is 3.08. The van der Waals surface area contributed by atoms with E-state index < -0.39 is 12.1 Å². The molecule has 0 aromatic carbocycles. The van der Waals surface area contributed by atoms with Gasteiger partial charge in [-0.25, -0.2) is 9.78 Å². The minimum atomic E-state index is -5.08. The number of alkyl halides is 3. The van der Waals surface area contributed by atoms with Gasteiger partial charge in [-0.3, -0.25) is 4.79 Å². The zero-order valence-electron chi connectivity index (χ0n) is 11.7. The summed E-state index contributed by atoms with van der Waals surface area (Å²) in [7, 11) is 0. The topological polar surface area (TPSA) is 98.3 Å². The summed E-state index contributed by atoms with van der Waals surface area (Å²) in [4.78, 5) is 29.3. The Balaban J connectivity index is 0.000000295. The quantitative estimate of drug-likeness (QED) is 0.746. The predicted octanol–water partition coefficient (Wildman–Crippen LogP) is 0.407. The van der Waals surface area contributed by atoms with E-state index in [-0.39, 0.29) is 5.91 Å². The molecule has 0 bridgehead atoms. The summed E-state index contributed by atoms with van der Waals surface area (Å²) in [5.74, 6) is -2.54. The number of aliphatic carboxylic acids is 1. The predicted molar refractivity (Wildman–Crippen MR) is 70.0 cm³/mol. The van der Waals surface area contributed by atoms with Gasteiger partial charge < -0.3 is 20.3 Å². The van der Waals surface area contributed by atoms with Crippen molar-refractivity contribution in [1.29, 1.82) is 0 Å². The molecule has 7 nitrogen and oxygen atoms in total. The number of nitrogens with zero attached hydrogens (tertiary/aromatic N) is 2. The zero-order valence-corrected chi connectivity index (χ0v) is 11.7. The number of hydrogen-bond donors (Lipinski definition) is 3. The minimum absolute atomic E-state index is 0.214. The smallest absolute Gasteiger partial charge is 0.475 e. The highest BCUT2D eigenvalue weighted by atomic mass is 19.4. The van der Waals surface area contributed by atoms with Crippen molar-refractivity contribution in [2.24, 2.45) is 0 Å². The number of aromatic nitrogens is 2. The van der Waals surface area contributed by atoms with E-state index in [0.29, 0.717) is 6.54 Å². The van der Waals surface area contributed by atoms with Crippen LogP contribution in [-0.2, 0) is 16.0 Å². The van der Waals surface area contributed by atoms with Crippen LogP contribution in [0.15, 0.2) is 12.5 Å². The molecule has 1 amide bonds. The van der Waals surface area contributed by atoms with Gasteiger partial charge in [-0.1, -0.05) is 0 Å². The lowest BCUT2D eigenvalue weighted by Gasteiger charge is -2.27. The van der Waals surface area contributed by atoms with E-state index in [2.05, 4.69) is 15.3 Å². The highest BCUT2D eigenvalue weighted by Gasteiger charge is 2.38. The Kier molecular flexibility index (Phi) is 6.83. The summed E-state index contributed by atoms with van der Waals surface area (Å²) in [5, 5.41) is 10.2. The summed E-state index contributed by atoms with van der Waals surface area (Å²) in [5.41, 5.74) is 1.14. The van der Waals surface area contributed by atoms with Gasteiger partial charge in [0.1, 0.15) is 0 Å². The van der Waals surface area contributed by atoms with Gasteiger partial charge in [-0.2, -0.15) is 13.2 Å². The van der Waals surface area contributed by atoms with Gasteiger partial charge in [-0.05, 0) is 12.8 Å². The first-order chi connectivity index (χ1) is 10.3. The number of imidazole rings is 1. The highest BCUT2D eigenvalue weighted by molar-refractivity contribution is 5.78. The van der Waals surface area contributed by atoms with E-state index >= 15 is 0 Å². The maximum Gasteiger partial charge on any atom is 0.490 e. The first-order valence-electron chi connectivity index (χ1n) is 6.56. The number of aromatic amines is 1. The number of carboxylic acids is 1. The van der Waals surface area contributed by atoms with Gasteiger partial charge in [0.05, 0.1) is 12.9 Å². The van der Waals surface area contributed by atoms with Crippen LogP contribution in [0.1, 0.15) is 12.1 Å². The number of amides is 1. The molecule has 22 heavy (non-hydrogen) atoms. The van der Waals surface area contributed by atoms with Gasteiger partial charge >= 0.3 is 12.1 Å². The number of piperazine rings is 1. The molecule has 124 valence electrons. The van der Waals surface area contributed by atoms with Crippen molar-refractivity contribution < 1.29 is 27.9 Å². The third kappa shape index (κ3) is 6.57. The second kappa shape index (κ2) is 8.37. The molecule has 3 N–H and O–H groups in total. The van der Waals surface area contributed by atoms with Gasteiger partial charge in [0.25, 0.3) is 0 Å². The van der Waals surface area contributed by atoms with Crippen LogP contribution < -0.4 is 5.32 Å². The van der Waals surface area contributed by atoms with E-state index in [1.807, 2.05) is 11.1 Å². The molecule has 0 saturated carbocycles. The molecule has 10 heteroatoms. The lowest BCUT2D eigenvalue weighted by atomic mass is 10.2. The van der Waals surface area contributed by atoms with Crippen LogP contribution in [0.4, 0.5) is 13.2 Å². The van der Waals surface area contributed by atoms with E-state index in [4.69, 9.17) is 9.90 Å². The number of H-pyrrole nitrogens is 1. The molecular weight excluding hydrogens is 305 g/mol. The number of carbonyl (C=O) groups is 2. The number of carbonyl (C=O) groups excluding carboxylic acids is 1. The van der Waals surface area contributed by atoms with Crippen molar-refractivity contribution in [2.75, 3.05) is 26.2 Å². The fourth-order valence-corrected chi connectivity index (χ4v) is 1.76. The van der Waals surface area contributed by atoms with Crippen molar-refractivity contribution in [3.63, 3.8) is 0 Å². The van der Waals surface area contributed by atoms with Crippen LogP contribution >= 0.6 is 0 Å². The first kappa shape index (κ1) is 18.0. The van der Waals surface area contributed by atoms with Crippen molar-refractivity contribution in [3.05, 3.63) is 18.2 Å². The van der Waals surface area contributed by atoms with Crippen LogP contribution in [0, 0.1) is 0 Å². The van der Waals surface area contributed by atoms with Crippen LogP contribution in [0.5, 0.6) is 0 Å². The Morgan fingerprint density at radius 2 is 2.14 bits per heavy atom. The summed E-state index contributed by atoms with van der Waals surface area (Å²) >= 11 is 0. The molecule has 0 radical (unpaired) electrons. The first-order valence-corrected chi connectivity index (χ1v) is 6.56. The second-order valence-corrected chi connectivity index (χ2v) is 4.54. The third-order valence-corrected chi connectivity index (χ3v) is 2.86. The molecule has 1 aromatic rings. The third-order valence-electron chi connectivity index (χ3n) is 2.86. The number of rotatable bonds is 4. The monoisotopic (exact) mass is 322 g/mol. The molecule has 1 fully saturated rings. The molecular formula is C12H17F3N4O3. The van der Waals surface area contributed by atoms with Gasteiger partial charge in [0, 0.05) is 31.5 Å². The number of hydrogen-bond acceptors (Lipinski definition) is 4. The average Bonchev–Trinajstić information content (AvgIpc) is 2.94. The minimum Gasteiger partial charge on any atom is -0.475 e. The Morgan fingerprint density at radius 3 is 2.64 bits per heavy atom. The van der Waals surface area contributed by atoms with Crippen LogP contribution in [0.2, 0.25) is 0 Å². The molecule has 2 rings (SSSR count). The summed E-state index contributed by atoms with van der Waals surface area (Å²) < 4.78 is 31.7. The van der Waals surface area contributed by atoms with Crippen molar-refractivity contribution in [1.82, 2.24) is 20.2 Å². The zero-order chi connectivity index (χ0) is 16.6. The molecule has 1 aromatic heterocycles. The van der Waals surface area contributed by atoms with Gasteiger partial charge in [0.15, 0.2) is 0 Å². The lowest BCUT2D eigenvalue weighted by Crippen LogP contribution is -2.48. The fourth-order valence-electron chi connectivity index (χ4n) is 1.76. The van der Waals surface area contributed by atoms with E-state index in [9.17, 15) is 18.0 Å². The normalized spacial score (nSPS) is 15.2. The molecule has 0 unspecified atom stereocenters. The number of carboxylic acid groups (broad SMARTS) is 1. The van der Waals surface area contributed by atoms with Crippen molar-refractivity contribution in [3.8, 4) is 0 Å². The maximum absolute atomic E-state index is 11.4. The molecule has 0 spiro atoms. The van der Waals surface area contributed by atoms with Crippen LogP contribution in [0.25, 0.3) is 0 Å². The number of aryl methyl sites for hydroxylation is 1. The van der Waals surface area contributed by atoms with Crippen molar-refractivity contribution in [2.45, 2.75) is 19.0 Å². The Labute approximate surface area is 124 Å². The van der Waals surface area contributed by atoms with E-state index in [1.54, 1.807) is 6.33 Å². The largest absolute Gasteiger partial charge is 0.490 e. The number of halogens is 3. The molecule has 1 saturated heterocycles. The van der Waals surface area contributed by atoms with Gasteiger partial charge in [-0.15, -0.1) is 0 Å². The Bertz CT molecular complexity index is 476. The lowest BCUT2D eigenvalue weighted by molar-refractivity contribution is -0.192. The van der Waals surface area contributed by atoms with Gasteiger partial charge in [0.2, 0.25) is 5.91 Å². The Morgan fingerprint density at radius 1 is 1.45 bits per heavy atom. The molecule has 2 heterocycles. The summed E-state index contributed by atoms with van der Waals surface area (Å²) in [6.07, 6.45) is 0.385. The molecule has 0 aliphatic carbocycles. The molecule has 1 aliphatic heterocycles. The second-order valence-electron chi connectivity index (χ2n) is 4.54. The standard InChI is InChI=1S/C10H16N4O.C2HF3O2/c15-10-7-11-3-5-14(10)4-1-2-9-6-12-8-13-9;3-2(4,5)1(6)7/h6,8,11H,1-5,7H2,(H,12,13);(H,6,7). The van der Waals surface area contributed by atoms with Crippen molar-refractivity contribution >= 4 is 11.9 Å². The molecule has 1 aliphatic rings. The SMILES string of the molecule is O=C(O)C(F)(F)F.O=C1CNCCN1CCCc1cnc[nH]1. The van der Waals surface area contributed by atoms with Crippen LogP contribution in [-0.4, -0.2) is 64.2 Å². The average molecular weight is 322 g/mol.